The topological polar surface area (TPSA) is 84.7 Å². The second kappa shape index (κ2) is 9.04. The molecule has 2 saturated heterocycles. The Morgan fingerprint density at radius 1 is 1.06 bits per heavy atom. The van der Waals surface area contributed by atoms with E-state index in [0.29, 0.717) is 11.3 Å². The Morgan fingerprint density at radius 3 is 2.32 bits per heavy atom. The number of hydrogen-bond acceptors (Lipinski definition) is 6. The summed E-state index contributed by atoms with van der Waals surface area (Å²) in [4.78, 5) is 18.7. The van der Waals surface area contributed by atoms with Gasteiger partial charge >= 0.3 is 6.09 Å². The van der Waals surface area contributed by atoms with Gasteiger partial charge in [0.05, 0.1) is 30.1 Å². The van der Waals surface area contributed by atoms with Crippen LogP contribution >= 0.6 is 0 Å². The van der Waals surface area contributed by atoms with E-state index < -0.39 is 5.60 Å². The molecular formula is C24H33N3O4. The number of pyridine rings is 1. The molecule has 3 aliphatic rings. The maximum absolute atomic E-state index is 12.6. The minimum Gasteiger partial charge on any atom is -0.487 e. The molecular weight excluding hydrogens is 394 g/mol. The molecule has 3 atom stereocenters. The number of nitrogens with zero attached hydrogens (tertiary/aromatic N) is 3. The number of rotatable bonds is 4. The van der Waals surface area contributed by atoms with Gasteiger partial charge in [0.1, 0.15) is 11.7 Å². The van der Waals surface area contributed by atoms with E-state index in [4.69, 9.17) is 14.2 Å². The van der Waals surface area contributed by atoms with Gasteiger partial charge < -0.3 is 19.1 Å². The lowest BCUT2D eigenvalue weighted by Gasteiger charge is -2.41. The summed E-state index contributed by atoms with van der Waals surface area (Å²) in [5.74, 6) is 0.570. The third-order valence-electron chi connectivity index (χ3n) is 6.50. The van der Waals surface area contributed by atoms with Gasteiger partial charge in [-0.05, 0) is 78.2 Å². The molecule has 7 heteroatoms. The van der Waals surface area contributed by atoms with E-state index in [-0.39, 0.29) is 36.5 Å². The normalized spacial score (nSPS) is 30.5. The monoisotopic (exact) mass is 427 g/mol. The van der Waals surface area contributed by atoms with Crippen LogP contribution in [0.1, 0.15) is 77.7 Å². The highest BCUT2D eigenvalue weighted by Crippen LogP contribution is 2.39. The van der Waals surface area contributed by atoms with Crippen LogP contribution in [-0.2, 0) is 9.47 Å². The van der Waals surface area contributed by atoms with E-state index in [1.165, 1.54) is 0 Å². The number of fused-ring (bicyclic) bond motifs is 2. The van der Waals surface area contributed by atoms with Crippen LogP contribution in [0, 0.1) is 11.3 Å². The Hall–Kier alpha value is -2.33. The number of nitriles is 1. The number of amides is 1. The van der Waals surface area contributed by atoms with Crippen LogP contribution in [0.3, 0.4) is 0 Å². The van der Waals surface area contributed by atoms with Crippen molar-refractivity contribution in [3.63, 3.8) is 0 Å². The predicted molar refractivity (Wildman–Crippen MR) is 115 cm³/mol. The Balaban J connectivity index is 1.25. The Morgan fingerprint density at radius 2 is 1.71 bits per heavy atom. The quantitative estimate of drug-likeness (QED) is 0.699. The van der Waals surface area contributed by atoms with Gasteiger partial charge in [-0.25, -0.2) is 4.79 Å². The molecule has 2 bridgehead atoms. The third-order valence-corrected chi connectivity index (χ3v) is 6.50. The number of piperidine rings is 1. The lowest BCUT2D eigenvalue weighted by atomic mass is 9.93. The minimum atomic E-state index is -0.464. The Bertz CT molecular complexity index is 809. The number of ether oxygens (including phenoxy) is 3. The van der Waals surface area contributed by atoms with Crippen LogP contribution < -0.4 is 4.74 Å². The van der Waals surface area contributed by atoms with E-state index in [1.54, 1.807) is 18.5 Å². The fourth-order valence-corrected chi connectivity index (χ4v) is 5.16. The Labute approximate surface area is 184 Å². The second-order valence-corrected chi connectivity index (χ2v) is 10.0. The SMILES string of the molecule is CC(C)(C)OC(=O)N1[C@@H]2CC[C@H]1C[C@H](O[C@H]1CC[C@H](Oc3cnccc3C#N)CC1)C2. The fraction of sp³-hybridized carbons (Fsp3) is 0.708. The number of carbonyl (C=O) groups excluding carboxylic acids is 1. The van der Waals surface area contributed by atoms with Crippen LogP contribution in [0.25, 0.3) is 0 Å². The first kappa shape index (κ1) is 21.9. The third kappa shape index (κ3) is 5.30. The highest BCUT2D eigenvalue weighted by Gasteiger charge is 2.45. The van der Waals surface area contributed by atoms with E-state index in [2.05, 4.69) is 11.1 Å². The lowest BCUT2D eigenvalue weighted by Crippen LogP contribution is -2.50. The molecule has 2 aliphatic heterocycles. The van der Waals surface area contributed by atoms with E-state index in [0.717, 1.165) is 51.4 Å². The standard InChI is InChI=1S/C24H33N3O4/c1-24(2,3)31-23(28)27-17-4-5-18(27)13-21(12-17)29-19-6-8-20(9-7-19)30-22-15-26-11-10-16(22)14-25/h10-11,15,17-21H,4-9,12-13H2,1-3H3/t17-,18+,19-,20-,21-. The number of carbonyl (C=O) groups is 1. The number of aromatic nitrogens is 1. The summed E-state index contributed by atoms with van der Waals surface area (Å²) >= 11 is 0. The summed E-state index contributed by atoms with van der Waals surface area (Å²) in [5, 5.41) is 9.22. The van der Waals surface area contributed by atoms with Gasteiger partial charge in [-0.15, -0.1) is 0 Å². The van der Waals surface area contributed by atoms with Crippen molar-refractivity contribution in [3.8, 4) is 11.8 Å². The maximum atomic E-state index is 12.6. The summed E-state index contributed by atoms with van der Waals surface area (Å²) < 4.78 is 18.2. The molecule has 4 rings (SSSR count). The molecule has 0 N–H and O–H groups in total. The minimum absolute atomic E-state index is 0.0985. The van der Waals surface area contributed by atoms with Gasteiger partial charge in [-0.3, -0.25) is 4.98 Å². The molecule has 1 aromatic heterocycles. The first-order chi connectivity index (χ1) is 14.8. The largest absolute Gasteiger partial charge is 0.487 e. The van der Waals surface area contributed by atoms with Crippen molar-refractivity contribution in [1.29, 1.82) is 5.26 Å². The molecule has 7 nitrogen and oxygen atoms in total. The molecule has 168 valence electrons. The van der Waals surface area contributed by atoms with Crippen molar-refractivity contribution < 1.29 is 19.0 Å². The first-order valence-electron chi connectivity index (χ1n) is 11.5. The van der Waals surface area contributed by atoms with Crippen LogP contribution in [0.5, 0.6) is 5.75 Å². The van der Waals surface area contributed by atoms with Crippen molar-refractivity contribution in [2.45, 2.75) is 108 Å². The van der Waals surface area contributed by atoms with Crippen molar-refractivity contribution >= 4 is 6.09 Å². The average molecular weight is 428 g/mol. The molecule has 0 aromatic carbocycles. The predicted octanol–water partition coefficient (Wildman–Crippen LogP) is 4.59. The van der Waals surface area contributed by atoms with Crippen molar-refractivity contribution in [3.05, 3.63) is 24.0 Å². The van der Waals surface area contributed by atoms with Crippen LogP contribution in [0.4, 0.5) is 4.79 Å². The molecule has 1 aromatic rings. The molecule has 31 heavy (non-hydrogen) atoms. The maximum Gasteiger partial charge on any atom is 0.410 e. The summed E-state index contributed by atoms with van der Waals surface area (Å²) in [6.45, 7) is 5.74. The zero-order chi connectivity index (χ0) is 22.0. The lowest BCUT2D eigenvalue weighted by molar-refractivity contribution is -0.0813. The van der Waals surface area contributed by atoms with Crippen molar-refractivity contribution in [1.82, 2.24) is 9.88 Å². The van der Waals surface area contributed by atoms with Gasteiger partial charge in [-0.2, -0.15) is 5.26 Å². The van der Waals surface area contributed by atoms with Crippen LogP contribution in [-0.4, -0.2) is 52.0 Å². The fourth-order valence-electron chi connectivity index (χ4n) is 5.16. The molecule has 1 aliphatic carbocycles. The van der Waals surface area contributed by atoms with Gasteiger partial charge in [-0.1, -0.05) is 0 Å². The van der Waals surface area contributed by atoms with Crippen molar-refractivity contribution in [2.24, 2.45) is 0 Å². The first-order valence-corrected chi connectivity index (χ1v) is 11.5. The summed E-state index contributed by atoms with van der Waals surface area (Å²) in [6, 6.07) is 4.30. The van der Waals surface area contributed by atoms with Gasteiger partial charge in [0.25, 0.3) is 0 Å². The zero-order valence-electron chi connectivity index (χ0n) is 18.8. The molecule has 0 spiro atoms. The summed E-state index contributed by atoms with van der Waals surface area (Å²) in [6.07, 6.45) is 11.2. The Kier molecular flexibility index (Phi) is 6.38. The molecule has 0 radical (unpaired) electrons. The zero-order valence-corrected chi connectivity index (χ0v) is 18.8. The summed E-state index contributed by atoms with van der Waals surface area (Å²) in [5.41, 5.74) is 0.0644. The molecule has 0 unspecified atom stereocenters. The highest BCUT2D eigenvalue weighted by atomic mass is 16.6. The molecule has 3 fully saturated rings. The molecule has 1 amide bonds. The van der Waals surface area contributed by atoms with E-state index >= 15 is 0 Å². The van der Waals surface area contributed by atoms with Gasteiger partial charge in [0.15, 0.2) is 5.75 Å². The molecule has 1 saturated carbocycles. The molecule has 3 heterocycles. The highest BCUT2D eigenvalue weighted by molar-refractivity contribution is 5.69. The summed E-state index contributed by atoms with van der Waals surface area (Å²) in [7, 11) is 0. The van der Waals surface area contributed by atoms with Gasteiger partial charge in [0, 0.05) is 18.3 Å². The van der Waals surface area contributed by atoms with Gasteiger partial charge in [0.2, 0.25) is 0 Å². The van der Waals surface area contributed by atoms with Crippen molar-refractivity contribution in [2.75, 3.05) is 0 Å². The van der Waals surface area contributed by atoms with Crippen LogP contribution in [0.2, 0.25) is 0 Å². The van der Waals surface area contributed by atoms with Crippen LogP contribution in [0.15, 0.2) is 18.5 Å². The average Bonchev–Trinajstić information content (AvgIpc) is 3.00. The smallest absolute Gasteiger partial charge is 0.410 e. The second-order valence-electron chi connectivity index (χ2n) is 10.0. The number of hydrogen-bond donors (Lipinski definition) is 0. The van der Waals surface area contributed by atoms with E-state index in [1.807, 2.05) is 25.7 Å². The van der Waals surface area contributed by atoms with E-state index in [9.17, 15) is 10.1 Å².